The van der Waals surface area contributed by atoms with E-state index in [1.54, 1.807) is 5.57 Å². The Hall–Kier alpha value is -1.44. The van der Waals surface area contributed by atoms with Crippen LogP contribution >= 0.6 is 11.3 Å². The van der Waals surface area contributed by atoms with E-state index in [2.05, 4.69) is 42.6 Å². The molecule has 0 radical (unpaired) electrons. The van der Waals surface area contributed by atoms with Crippen molar-refractivity contribution in [1.29, 1.82) is 0 Å². The number of hydrogen-bond donors (Lipinski definition) is 2. The van der Waals surface area contributed by atoms with Crippen molar-refractivity contribution >= 4 is 28.0 Å². The molecule has 1 aromatic heterocycles. The smallest absolute Gasteiger partial charge is 0.306 e. The Bertz CT molecular complexity index is 1020. The molecular weight excluding hydrogens is 468 g/mol. The Morgan fingerprint density at radius 2 is 2.06 bits per heavy atom. The molecule has 7 heteroatoms. The molecule has 5 aliphatic rings. The van der Waals surface area contributed by atoms with Crippen LogP contribution in [0.15, 0.2) is 6.08 Å². The number of carbonyl (C=O) groups excluding carboxylic acids is 1. The van der Waals surface area contributed by atoms with Crippen molar-refractivity contribution in [2.75, 3.05) is 31.6 Å². The number of anilines is 1. The van der Waals surface area contributed by atoms with Gasteiger partial charge in [0.15, 0.2) is 5.13 Å². The summed E-state index contributed by atoms with van der Waals surface area (Å²) >= 11 is 1.87. The van der Waals surface area contributed by atoms with Crippen LogP contribution in [0.25, 0.3) is 5.57 Å². The second-order valence-electron chi connectivity index (χ2n) is 12.5. The number of hydrogen-bond acceptors (Lipinski definition) is 7. The summed E-state index contributed by atoms with van der Waals surface area (Å²) in [7, 11) is 0. The molecule has 2 saturated carbocycles. The number of unbranched alkanes of at least 4 members (excludes halogenated alkanes) is 1. The fourth-order valence-corrected chi connectivity index (χ4v) is 9.74. The monoisotopic (exact) mass is 512 g/mol. The quantitative estimate of drug-likeness (QED) is 0.480. The summed E-state index contributed by atoms with van der Waals surface area (Å²) in [4.78, 5) is 19.0. The van der Waals surface area contributed by atoms with Crippen LogP contribution in [0, 0.1) is 28.6 Å². The number of hydrazine groups is 1. The Morgan fingerprint density at radius 3 is 2.86 bits per heavy atom. The minimum absolute atomic E-state index is 0.0267. The molecule has 0 spiro atoms. The number of rotatable bonds is 6. The number of esters is 1. The molecule has 198 valence electrons. The largest absolute Gasteiger partial charge is 0.462 e. The maximum atomic E-state index is 12.5. The van der Waals surface area contributed by atoms with Crippen molar-refractivity contribution in [2.24, 2.45) is 28.6 Å². The highest BCUT2D eigenvalue weighted by Crippen LogP contribution is 2.66. The van der Waals surface area contributed by atoms with E-state index in [4.69, 9.17) is 9.72 Å². The summed E-state index contributed by atoms with van der Waals surface area (Å²) in [6.07, 6.45) is 13.5. The van der Waals surface area contributed by atoms with Crippen LogP contribution in [-0.4, -0.2) is 48.2 Å². The summed E-state index contributed by atoms with van der Waals surface area (Å²) in [6.45, 7) is 11.2. The maximum absolute atomic E-state index is 12.5. The lowest BCUT2D eigenvalue weighted by Gasteiger charge is -2.56. The second-order valence-corrected chi connectivity index (χ2v) is 13.5. The number of piperazine rings is 1. The molecule has 36 heavy (non-hydrogen) atoms. The van der Waals surface area contributed by atoms with Crippen LogP contribution in [0.1, 0.15) is 89.1 Å². The van der Waals surface area contributed by atoms with Crippen LogP contribution in [0.5, 0.6) is 0 Å². The molecule has 6 nitrogen and oxygen atoms in total. The fraction of sp³-hybridized carbons (Fsp3) is 0.793. The lowest BCUT2D eigenvalue weighted by molar-refractivity contribution is -0.159. The van der Waals surface area contributed by atoms with E-state index in [-0.39, 0.29) is 22.9 Å². The molecule has 0 bridgehead atoms. The zero-order valence-electron chi connectivity index (χ0n) is 22.4. The van der Waals surface area contributed by atoms with E-state index >= 15 is 0 Å². The van der Waals surface area contributed by atoms with Crippen LogP contribution in [-0.2, 0) is 16.0 Å². The molecule has 1 saturated heterocycles. The predicted molar refractivity (Wildman–Crippen MR) is 146 cm³/mol. The minimum atomic E-state index is 0.0267. The summed E-state index contributed by atoms with van der Waals surface area (Å²) < 4.78 is 6.13. The zero-order chi connectivity index (χ0) is 24.9. The average molecular weight is 513 g/mol. The van der Waals surface area contributed by atoms with Gasteiger partial charge in [0, 0.05) is 38.0 Å². The van der Waals surface area contributed by atoms with E-state index in [1.807, 2.05) is 11.3 Å². The standard InChI is InChI=1S/C29H44N4O2S/c1-4-5-6-25(34)35-24-10-9-20-19-7-8-22-26-23(31-27(36-26)32-33-17-15-30-16-18-33)12-14-28(22,2)21(19)11-13-29(20,24)3/h8,19-21,24,30H,4-7,9-18H2,1-3H3,(H,31,32)/t19-,20-,21-,24-,28+,29-/m0/s1. The number of allylic oxidation sites excluding steroid dienone is 2. The Kier molecular flexibility index (Phi) is 6.70. The molecule has 2 heterocycles. The SMILES string of the molecule is CCCCC(=O)O[C@H]1CC[C@H]2[C@@H]3CC=C4c5sc(NN6CCNCC6)nc5CC[C@]4(C)[C@H]3CC[C@]12C. The van der Waals surface area contributed by atoms with Gasteiger partial charge >= 0.3 is 5.97 Å². The highest BCUT2D eigenvalue weighted by atomic mass is 32.1. The van der Waals surface area contributed by atoms with Crippen LogP contribution in [0.2, 0.25) is 0 Å². The van der Waals surface area contributed by atoms with Crippen LogP contribution in [0.4, 0.5) is 5.13 Å². The molecule has 3 fully saturated rings. The number of ether oxygens (including phenoxy) is 1. The number of aromatic nitrogens is 1. The Morgan fingerprint density at radius 1 is 1.22 bits per heavy atom. The predicted octanol–water partition coefficient (Wildman–Crippen LogP) is 5.66. The number of thiazole rings is 1. The van der Waals surface area contributed by atoms with E-state index in [0.717, 1.165) is 62.9 Å². The normalized spacial score (nSPS) is 37.8. The highest BCUT2D eigenvalue weighted by molar-refractivity contribution is 7.16. The van der Waals surface area contributed by atoms with E-state index in [9.17, 15) is 4.79 Å². The van der Waals surface area contributed by atoms with Gasteiger partial charge in [0.1, 0.15) is 6.10 Å². The highest BCUT2D eigenvalue weighted by Gasteiger charge is 2.60. The van der Waals surface area contributed by atoms with Crippen molar-refractivity contribution in [1.82, 2.24) is 15.3 Å². The van der Waals surface area contributed by atoms with Crippen molar-refractivity contribution in [2.45, 2.75) is 91.1 Å². The third-order valence-electron chi connectivity index (χ3n) is 10.6. The first kappa shape index (κ1) is 24.9. The second kappa shape index (κ2) is 9.70. The molecule has 6 atom stereocenters. The maximum Gasteiger partial charge on any atom is 0.306 e. The van der Waals surface area contributed by atoms with Gasteiger partial charge in [0.25, 0.3) is 0 Å². The summed E-state index contributed by atoms with van der Waals surface area (Å²) in [5.41, 5.74) is 6.88. The number of aryl methyl sites for hydroxylation is 1. The topological polar surface area (TPSA) is 66.5 Å². The van der Waals surface area contributed by atoms with E-state index in [0.29, 0.717) is 18.3 Å². The first-order valence-electron chi connectivity index (χ1n) is 14.5. The number of carbonyl (C=O) groups is 1. The van der Waals surface area contributed by atoms with Crippen molar-refractivity contribution < 1.29 is 9.53 Å². The summed E-state index contributed by atoms with van der Waals surface area (Å²) in [5.74, 6) is 2.14. The average Bonchev–Trinajstić information content (AvgIpc) is 3.43. The summed E-state index contributed by atoms with van der Waals surface area (Å²) in [6, 6.07) is 0. The molecule has 4 aliphatic carbocycles. The van der Waals surface area contributed by atoms with Gasteiger partial charge in [-0.25, -0.2) is 9.99 Å². The minimum Gasteiger partial charge on any atom is -0.462 e. The van der Waals surface area contributed by atoms with Crippen molar-refractivity contribution in [3.8, 4) is 0 Å². The van der Waals surface area contributed by atoms with Crippen LogP contribution < -0.4 is 10.7 Å². The van der Waals surface area contributed by atoms with Gasteiger partial charge in [0.05, 0.1) is 10.6 Å². The van der Waals surface area contributed by atoms with Gasteiger partial charge in [-0.2, -0.15) is 0 Å². The van der Waals surface area contributed by atoms with Gasteiger partial charge in [0.2, 0.25) is 0 Å². The van der Waals surface area contributed by atoms with Gasteiger partial charge in [-0.3, -0.25) is 10.2 Å². The molecule has 1 aromatic rings. The van der Waals surface area contributed by atoms with E-state index < -0.39 is 0 Å². The van der Waals surface area contributed by atoms with E-state index in [1.165, 1.54) is 42.7 Å². The number of nitrogens with zero attached hydrogens (tertiary/aromatic N) is 2. The number of nitrogens with one attached hydrogen (secondary N) is 2. The third kappa shape index (κ3) is 4.14. The van der Waals surface area contributed by atoms with Gasteiger partial charge in [-0.15, -0.1) is 0 Å². The van der Waals surface area contributed by atoms with Crippen LogP contribution in [0.3, 0.4) is 0 Å². The lowest BCUT2D eigenvalue weighted by atomic mass is 9.48. The first-order valence-corrected chi connectivity index (χ1v) is 15.4. The summed E-state index contributed by atoms with van der Waals surface area (Å²) in [5, 5.41) is 6.79. The lowest BCUT2D eigenvalue weighted by Crippen LogP contribution is -2.50. The first-order chi connectivity index (χ1) is 17.4. The Labute approximate surface area is 220 Å². The zero-order valence-corrected chi connectivity index (χ0v) is 23.2. The Balaban J connectivity index is 1.21. The third-order valence-corrected chi connectivity index (χ3v) is 11.6. The molecule has 6 rings (SSSR count). The van der Waals surface area contributed by atoms with Gasteiger partial charge in [-0.05, 0) is 80.1 Å². The van der Waals surface area contributed by atoms with Crippen molar-refractivity contribution in [3.05, 3.63) is 16.6 Å². The fourth-order valence-electron chi connectivity index (χ4n) is 8.52. The van der Waals surface area contributed by atoms with Crippen molar-refractivity contribution in [3.63, 3.8) is 0 Å². The van der Waals surface area contributed by atoms with Gasteiger partial charge in [-0.1, -0.05) is 44.6 Å². The molecule has 2 N–H and O–H groups in total. The van der Waals surface area contributed by atoms with Gasteiger partial charge < -0.3 is 10.1 Å². The molecule has 0 amide bonds. The molecule has 1 aliphatic heterocycles. The molecule has 0 unspecified atom stereocenters. The molecule has 0 aromatic carbocycles. The number of fused-ring (bicyclic) bond motifs is 7. The molecular formula is C29H44N4O2S.